The summed E-state index contributed by atoms with van der Waals surface area (Å²) >= 11 is 0.345. The van der Waals surface area contributed by atoms with Crippen LogP contribution < -0.4 is 0 Å². The van der Waals surface area contributed by atoms with Gasteiger partial charge in [-0.15, -0.1) is 0 Å². The van der Waals surface area contributed by atoms with E-state index in [2.05, 4.69) is 0 Å². The van der Waals surface area contributed by atoms with Gasteiger partial charge >= 0.3 is 35.8 Å². The largest absolute Gasteiger partial charge is 0.460 e. The van der Waals surface area contributed by atoms with E-state index in [1.54, 1.807) is 0 Å². The van der Waals surface area contributed by atoms with Crippen LogP contribution in [0.2, 0.25) is 0 Å². The predicted octanol–water partition coefficient (Wildman–Crippen LogP) is 5.85. The number of rotatable bonds is 6. The third-order valence-electron chi connectivity index (χ3n) is 2.41. The SMILES string of the molecule is FC(I)CC(F)(F)C(F)(F)C(F)(F)C(F)(F)C(F)(F)C(F)(F)F. The van der Waals surface area contributed by atoms with Crippen LogP contribution in [0.15, 0.2) is 0 Å². The van der Waals surface area contributed by atoms with Gasteiger partial charge in [-0.05, 0) is 22.6 Å². The topological polar surface area (TPSA) is 0 Å². The van der Waals surface area contributed by atoms with Crippen LogP contribution in [0.5, 0.6) is 0 Å². The summed E-state index contributed by atoms with van der Waals surface area (Å²) in [5.41, 5.74) is 0. The first kappa shape index (κ1) is 22.8. The van der Waals surface area contributed by atoms with Gasteiger partial charge in [0.25, 0.3) is 0 Å². The molecule has 0 aliphatic rings. The Morgan fingerprint density at radius 2 is 0.870 bits per heavy atom. The molecule has 140 valence electrons. The molecule has 0 amide bonds. The van der Waals surface area contributed by atoms with Crippen molar-refractivity contribution in [1.29, 1.82) is 0 Å². The molecule has 0 aliphatic carbocycles. The van der Waals surface area contributed by atoms with E-state index in [1.807, 2.05) is 0 Å². The molecule has 1 atom stereocenters. The highest BCUT2D eigenvalue weighted by Gasteiger charge is 2.90. The van der Waals surface area contributed by atoms with Crippen LogP contribution in [0.4, 0.5) is 61.5 Å². The van der Waals surface area contributed by atoms with Crippen molar-refractivity contribution in [2.45, 2.75) is 46.4 Å². The summed E-state index contributed by atoms with van der Waals surface area (Å²) in [5.74, 6) is -37.3. The van der Waals surface area contributed by atoms with Crippen molar-refractivity contribution in [3.8, 4) is 0 Å². The fraction of sp³-hybridized carbons (Fsp3) is 1.00. The molecule has 1 unspecified atom stereocenters. The van der Waals surface area contributed by atoms with E-state index in [-0.39, 0.29) is 0 Å². The van der Waals surface area contributed by atoms with Gasteiger partial charge in [0, 0.05) is 0 Å². The van der Waals surface area contributed by atoms with E-state index in [1.165, 1.54) is 0 Å². The summed E-state index contributed by atoms with van der Waals surface area (Å²) in [4.78, 5) is 0. The molecule has 0 aromatic heterocycles. The molecule has 0 nitrogen and oxygen atoms in total. The fourth-order valence-corrected chi connectivity index (χ4v) is 1.68. The summed E-state index contributed by atoms with van der Waals surface area (Å²) < 4.78 is 172. The maximum absolute atomic E-state index is 12.9. The minimum atomic E-state index is -7.94. The van der Waals surface area contributed by atoms with E-state index in [0.29, 0.717) is 22.6 Å². The van der Waals surface area contributed by atoms with Crippen molar-refractivity contribution in [2.24, 2.45) is 0 Å². The van der Waals surface area contributed by atoms with Gasteiger partial charge in [0.05, 0.1) is 6.42 Å². The Balaban J connectivity index is 6.14. The summed E-state index contributed by atoms with van der Waals surface area (Å²) in [6.07, 6.45) is -10.3. The number of alkyl halides is 15. The van der Waals surface area contributed by atoms with E-state index in [0.717, 1.165) is 0 Å². The molecule has 15 heteroatoms. The lowest BCUT2D eigenvalue weighted by Gasteiger charge is -2.39. The van der Waals surface area contributed by atoms with E-state index < -0.39 is 46.4 Å². The van der Waals surface area contributed by atoms with Crippen molar-refractivity contribution < 1.29 is 61.5 Å². The maximum atomic E-state index is 12.9. The Labute approximate surface area is 131 Å². The average Bonchev–Trinajstić information content (AvgIpc) is 2.24. The molecule has 0 heterocycles. The first-order chi connectivity index (χ1) is 9.67. The number of hydrogen-bond acceptors (Lipinski definition) is 0. The zero-order valence-corrected chi connectivity index (χ0v) is 12.1. The Hall–Kier alpha value is -0.250. The van der Waals surface area contributed by atoms with Crippen LogP contribution in [0.3, 0.4) is 0 Å². The van der Waals surface area contributed by atoms with Gasteiger partial charge < -0.3 is 0 Å². The zero-order valence-electron chi connectivity index (χ0n) is 9.95. The van der Waals surface area contributed by atoms with Crippen LogP contribution in [-0.2, 0) is 0 Å². The molecule has 23 heavy (non-hydrogen) atoms. The first-order valence-corrected chi connectivity index (χ1v) is 6.15. The summed E-state index contributed by atoms with van der Waals surface area (Å²) in [6.45, 7) is 0. The van der Waals surface area contributed by atoms with Crippen LogP contribution in [0.1, 0.15) is 6.42 Å². The quantitative estimate of drug-likeness (QED) is 0.248. The predicted molar refractivity (Wildman–Crippen MR) is 54.3 cm³/mol. The molecule has 0 spiro atoms. The van der Waals surface area contributed by atoms with E-state index in [4.69, 9.17) is 0 Å². The van der Waals surface area contributed by atoms with Crippen molar-refractivity contribution in [1.82, 2.24) is 0 Å². The molecule has 0 N–H and O–H groups in total. The molecule has 0 bridgehead atoms. The Morgan fingerprint density at radius 1 is 0.565 bits per heavy atom. The molecule has 0 saturated heterocycles. The molecule has 0 rings (SSSR count). The minimum absolute atomic E-state index is 0.345. The zero-order chi connectivity index (χ0) is 19.3. The lowest BCUT2D eigenvalue weighted by Crippen LogP contribution is -2.70. The van der Waals surface area contributed by atoms with Gasteiger partial charge in [-0.25, -0.2) is 4.39 Å². The molecule has 0 radical (unpaired) electrons. The molecule has 0 aromatic rings. The van der Waals surface area contributed by atoms with Crippen molar-refractivity contribution in [3.05, 3.63) is 0 Å². The lowest BCUT2D eigenvalue weighted by molar-refractivity contribution is -0.440. The second-order valence-corrected chi connectivity index (χ2v) is 5.45. The van der Waals surface area contributed by atoms with Gasteiger partial charge in [0.1, 0.15) is 0 Å². The van der Waals surface area contributed by atoms with Gasteiger partial charge in [-0.3, -0.25) is 0 Å². The molecular formula is C8H3F14I. The van der Waals surface area contributed by atoms with E-state index >= 15 is 0 Å². The van der Waals surface area contributed by atoms with Crippen LogP contribution in [0.25, 0.3) is 0 Å². The van der Waals surface area contributed by atoms with Crippen LogP contribution >= 0.6 is 22.6 Å². The molecule has 0 aliphatic heterocycles. The molecule has 0 saturated carbocycles. The fourth-order valence-electron chi connectivity index (χ4n) is 1.12. The van der Waals surface area contributed by atoms with Gasteiger partial charge in [0.15, 0.2) is 4.18 Å². The van der Waals surface area contributed by atoms with Crippen molar-refractivity contribution in [3.63, 3.8) is 0 Å². The molecular weight excluding hydrogens is 489 g/mol. The second kappa shape index (κ2) is 5.93. The second-order valence-electron chi connectivity index (χ2n) is 4.09. The normalized spacial score (nSPS) is 17.3. The number of hydrogen-bond donors (Lipinski definition) is 0. The maximum Gasteiger partial charge on any atom is 0.460 e. The Kier molecular flexibility index (Phi) is 5.86. The lowest BCUT2D eigenvalue weighted by atomic mass is 9.93. The third kappa shape index (κ3) is 3.43. The van der Waals surface area contributed by atoms with Crippen molar-refractivity contribution in [2.75, 3.05) is 0 Å². The highest BCUT2D eigenvalue weighted by molar-refractivity contribution is 14.1. The highest BCUT2D eigenvalue weighted by Crippen LogP contribution is 2.60. The Bertz CT molecular complexity index is 421. The molecule has 0 fully saturated rings. The standard InChI is InChI=1S/C8H3F14I/c9-2(23)1-3(10,11)4(12,13)5(14,15)6(16,17)7(18,19)8(20,21)22/h2H,1H2. The summed E-state index contributed by atoms with van der Waals surface area (Å²) in [6, 6.07) is 0. The monoisotopic (exact) mass is 492 g/mol. The average molecular weight is 492 g/mol. The third-order valence-corrected chi connectivity index (χ3v) is 2.85. The van der Waals surface area contributed by atoms with Gasteiger partial charge in [-0.1, -0.05) is 0 Å². The molecule has 0 aromatic carbocycles. The van der Waals surface area contributed by atoms with E-state index in [9.17, 15) is 61.5 Å². The first-order valence-electron chi connectivity index (χ1n) is 4.91. The van der Waals surface area contributed by atoms with Crippen molar-refractivity contribution >= 4 is 22.6 Å². The summed E-state index contributed by atoms with van der Waals surface area (Å²) in [7, 11) is 0. The van der Waals surface area contributed by atoms with Crippen LogP contribution in [-0.4, -0.2) is 40.0 Å². The highest BCUT2D eigenvalue weighted by atomic mass is 127. The van der Waals surface area contributed by atoms with Gasteiger partial charge in [-0.2, -0.15) is 57.1 Å². The number of halogens is 15. The minimum Gasteiger partial charge on any atom is -0.236 e. The van der Waals surface area contributed by atoms with Crippen LogP contribution in [0, 0.1) is 0 Å². The Morgan fingerprint density at radius 3 is 1.13 bits per heavy atom. The summed E-state index contributed by atoms with van der Waals surface area (Å²) in [5, 5.41) is 0. The smallest absolute Gasteiger partial charge is 0.236 e. The van der Waals surface area contributed by atoms with Gasteiger partial charge in [0.2, 0.25) is 0 Å².